The fourth-order valence-corrected chi connectivity index (χ4v) is 2.63. The molecule has 0 unspecified atom stereocenters. The lowest BCUT2D eigenvalue weighted by atomic mass is 10.1. The van der Waals surface area contributed by atoms with Crippen molar-refractivity contribution in [2.45, 2.75) is 13.1 Å². The van der Waals surface area contributed by atoms with Crippen molar-refractivity contribution in [1.82, 2.24) is 14.5 Å². The molecule has 1 heterocycles. The third-order valence-electron chi connectivity index (χ3n) is 3.80. The van der Waals surface area contributed by atoms with E-state index in [4.69, 9.17) is 11.6 Å². The number of hydrogen-bond donors (Lipinski definition) is 0. The molecule has 122 valence electrons. The van der Waals surface area contributed by atoms with Crippen LogP contribution in [0.5, 0.6) is 0 Å². The first kappa shape index (κ1) is 16.3. The summed E-state index contributed by atoms with van der Waals surface area (Å²) in [6.45, 7) is 1.29. The van der Waals surface area contributed by atoms with Crippen molar-refractivity contribution in [3.63, 3.8) is 0 Å². The van der Waals surface area contributed by atoms with Crippen molar-refractivity contribution in [3.8, 4) is 0 Å². The lowest BCUT2D eigenvalue weighted by Gasteiger charge is -2.17. The third kappa shape index (κ3) is 4.03. The summed E-state index contributed by atoms with van der Waals surface area (Å²) in [7, 11) is 1.80. The molecule has 24 heavy (non-hydrogen) atoms. The highest BCUT2D eigenvalue weighted by atomic mass is 35.5. The number of hydrogen-bond acceptors (Lipinski definition) is 2. The molecule has 0 bridgehead atoms. The zero-order chi connectivity index (χ0) is 16.9. The Bertz CT molecular complexity index is 796. The van der Waals surface area contributed by atoms with Crippen molar-refractivity contribution in [3.05, 3.63) is 89.0 Å². The number of benzene rings is 2. The molecule has 0 fully saturated rings. The van der Waals surface area contributed by atoms with Crippen LogP contribution in [0.25, 0.3) is 0 Å². The molecule has 4 nitrogen and oxygen atoms in total. The van der Waals surface area contributed by atoms with Crippen molar-refractivity contribution >= 4 is 17.5 Å². The van der Waals surface area contributed by atoms with E-state index in [1.54, 1.807) is 24.5 Å². The molecule has 0 spiro atoms. The molecule has 3 rings (SSSR count). The van der Waals surface area contributed by atoms with Gasteiger partial charge in [0.2, 0.25) is 0 Å². The third-order valence-corrected chi connectivity index (χ3v) is 4.06. The summed E-state index contributed by atoms with van der Waals surface area (Å²) >= 11 is 5.89. The van der Waals surface area contributed by atoms with Crippen molar-refractivity contribution < 1.29 is 4.79 Å². The summed E-state index contributed by atoms with van der Waals surface area (Å²) < 4.78 is 1.99. The molecule has 5 heteroatoms. The maximum absolute atomic E-state index is 12.5. The average Bonchev–Trinajstić information content (AvgIpc) is 3.10. The number of rotatable bonds is 5. The van der Waals surface area contributed by atoms with Crippen LogP contribution in [0.4, 0.5) is 0 Å². The van der Waals surface area contributed by atoms with E-state index < -0.39 is 0 Å². The highest BCUT2D eigenvalue weighted by Crippen LogP contribution is 2.13. The Balaban J connectivity index is 1.64. The van der Waals surface area contributed by atoms with E-state index >= 15 is 0 Å². The molecule has 1 amide bonds. The SMILES string of the molecule is CN(Cc1ccc(Cl)cc1)C(=O)c1ccc(Cn2ccnc2)cc1. The summed E-state index contributed by atoms with van der Waals surface area (Å²) in [5, 5.41) is 0.696. The maximum atomic E-state index is 12.5. The van der Waals surface area contributed by atoms with Gasteiger partial charge < -0.3 is 9.47 Å². The molecule has 1 aromatic heterocycles. The summed E-state index contributed by atoms with van der Waals surface area (Å²) in [5.41, 5.74) is 2.86. The van der Waals surface area contributed by atoms with E-state index in [2.05, 4.69) is 4.98 Å². The number of nitrogens with zero attached hydrogens (tertiary/aromatic N) is 3. The van der Waals surface area contributed by atoms with Gasteiger partial charge in [-0.05, 0) is 35.4 Å². The fraction of sp³-hybridized carbons (Fsp3) is 0.158. The smallest absolute Gasteiger partial charge is 0.253 e. The first-order chi connectivity index (χ1) is 11.6. The minimum Gasteiger partial charge on any atom is -0.337 e. The van der Waals surface area contributed by atoms with E-state index in [0.717, 1.165) is 17.7 Å². The first-order valence-electron chi connectivity index (χ1n) is 7.66. The lowest BCUT2D eigenvalue weighted by molar-refractivity contribution is 0.0785. The normalized spacial score (nSPS) is 10.6. The van der Waals surface area contributed by atoms with Gasteiger partial charge in [-0.3, -0.25) is 4.79 Å². The molecule has 0 saturated heterocycles. The highest BCUT2D eigenvalue weighted by Gasteiger charge is 2.12. The summed E-state index contributed by atoms with van der Waals surface area (Å²) in [4.78, 5) is 18.3. The van der Waals surface area contributed by atoms with Crippen LogP contribution in [0.3, 0.4) is 0 Å². The minimum absolute atomic E-state index is 0.000805. The van der Waals surface area contributed by atoms with Gasteiger partial charge in [0.1, 0.15) is 0 Å². The van der Waals surface area contributed by atoms with Crippen LogP contribution in [0.2, 0.25) is 5.02 Å². The second kappa shape index (κ2) is 7.32. The van der Waals surface area contributed by atoms with Gasteiger partial charge >= 0.3 is 0 Å². The molecular weight excluding hydrogens is 322 g/mol. The number of halogens is 1. The van der Waals surface area contributed by atoms with E-state index in [9.17, 15) is 4.79 Å². The number of aromatic nitrogens is 2. The van der Waals surface area contributed by atoms with E-state index in [1.165, 1.54) is 0 Å². The van der Waals surface area contributed by atoms with Gasteiger partial charge in [0.25, 0.3) is 5.91 Å². The van der Waals surface area contributed by atoms with E-state index in [0.29, 0.717) is 17.1 Å². The summed E-state index contributed by atoms with van der Waals surface area (Å²) in [6, 6.07) is 15.2. The average molecular weight is 340 g/mol. The van der Waals surface area contributed by atoms with Crippen LogP contribution < -0.4 is 0 Å². The van der Waals surface area contributed by atoms with Gasteiger partial charge in [0.05, 0.1) is 6.33 Å². The van der Waals surface area contributed by atoms with Crippen LogP contribution in [0.15, 0.2) is 67.3 Å². The molecule has 3 aromatic rings. The Labute approximate surface area is 146 Å². The zero-order valence-electron chi connectivity index (χ0n) is 13.4. The molecule has 0 aliphatic carbocycles. The van der Waals surface area contributed by atoms with Gasteiger partial charge in [0, 0.05) is 43.1 Å². The molecule has 0 atom stereocenters. The van der Waals surface area contributed by atoms with Gasteiger partial charge in [-0.1, -0.05) is 35.9 Å². The quantitative estimate of drug-likeness (QED) is 0.708. The summed E-state index contributed by atoms with van der Waals surface area (Å²) in [5.74, 6) is -0.000805. The van der Waals surface area contributed by atoms with Gasteiger partial charge in [-0.2, -0.15) is 0 Å². The molecule has 0 saturated carbocycles. The molecule has 0 aliphatic heterocycles. The van der Waals surface area contributed by atoms with Gasteiger partial charge in [-0.25, -0.2) is 4.98 Å². The Morgan fingerprint density at radius 2 is 1.75 bits per heavy atom. The summed E-state index contributed by atoms with van der Waals surface area (Å²) in [6.07, 6.45) is 5.45. The zero-order valence-corrected chi connectivity index (χ0v) is 14.1. The van der Waals surface area contributed by atoms with E-state index in [1.807, 2.05) is 59.3 Å². The number of amides is 1. The fourth-order valence-electron chi connectivity index (χ4n) is 2.50. The number of imidazole rings is 1. The van der Waals surface area contributed by atoms with Crippen LogP contribution in [0, 0.1) is 0 Å². The predicted molar refractivity (Wildman–Crippen MR) is 95.0 cm³/mol. The molecule has 0 N–H and O–H groups in total. The van der Waals surface area contributed by atoms with Gasteiger partial charge in [0.15, 0.2) is 0 Å². The minimum atomic E-state index is -0.000805. The van der Waals surface area contributed by atoms with Crippen LogP contribution in [0.1, 0.15) is 21.5 Å². The second-order valence-corrected chi connectivity index (χ2v) is 6.16. The van der Waals surface area contributed by atoms with Crippen LogP contribution in [-0.2, 0) is 13.1 Å². The number of carbonyl (C=O) groups excluding carboxylic acids is 1. The van der Waals surface area contributed by atoms with E-state index in [-0.39, 0.29) is 5.91 Å². The van der Waals surface area contributed by atoms with Crippen LogP contribution >= 0.6 is 11.6 Å². The Kier molecular flexibility index (Phi) is 4.96. The maximum Gasteiger partial charge on any atom is 0.253 e. The Hall–Kier alpha value is -2.59. The Morgan fingerprint density at radius 1 is 1.08 bits per heavy atom. The largest absolute Gasteiger partial charge is 0.337 e. The van der Waals surface area contributed by atoms with Crippen molar-refractivity contribution in [1.29, 1.82) is 0 Å². The molecular formula is C19H18ClN3O. The monoisotopic (exact) mass is 339 g/mol. The highest BCUT2D eigenvalue weighted by molar-refractivity contribution is 6.30. The molecule has 0 aliphatic rings. The number of carbonyl (C=O) groups is 1. The Morgan fingerprint density at radius 3 is 2.38 bits per heavy atom. The second-order valence-electron chi connectivity index (χ2n) is 5.72. The topological polar surface area (TPSA) is 38.1 Å². The van der Waals surface area contributed by atoms with Crippen LogP contribution in [-0.4, -0.2) is 27.4 Å². The predicted octanol–water partition coefficient (Wildman–Crippen LogP) is 3.86. The first-order valence-corrected chi connectivity index (χ1v) is 8.04. The molecule has 0 radical (unpaired) electrons. The molecule has 2 aromatic carbocycles. The lowest BCUT2D eigenvalue weighted by Crippen LogP contribution is -2.26. The van der Waals surface area contributed by atoms with Crippen molar-refractivity contribution in [2.75, 3.05) is 7.05 Å². The standard InChI is InChI=1S/C19H18ClN3O/c1-22(12-15-4-8-18(20)9-5-15)19(24)17-6-2-16(3-7-17)13-23-11-10-21-14-23/h2-11,14H,12-13H2,1H3. The van der Waals surface area contributed by atoms with Gasteiger partial charge in [-0.15, -0.1) is 0 Å². The van der Waals surface area contributed by atoms with Crippen molar-refractivity contribution in [2.24, 2.45) is 0 Å².